The van der Waals surface area contributed by atoms with E-state index in [1.807, 2.05) is 6.92 Å². The van der Waals surface area contributed by atoms with Gasteiger partial charge >= 0.3 is 6.18 Å². The SMILES string of the molecule is CN=C(NCCCNc1ccc(C(F)(F)F)cn1)NC(C)CCS(C)(=O)=O.I. The Labute approximate surface area is 180 Å². The molecule has 0 saturated heterocycles. The van der Waals surface area contributed by atoms with Crippen molar-refractivity contribution in [3.8, 4) is 0 Å². The molecule has 12 heteroatoms. The van der Waals surface area contributed by atoms with E-state index in [2.05, 4.69) is 25.9 Å². The molecule has 0 bridgehead atoms. The van der Waals surface area contributed by atoms with Gasteiger partial charge in [-0.2, -0.15) is 13.2 Å². The summed E-state index contributed by atoms with van der Waals surface area (Å²) in [6.45, 7) is 2.97. The Morgan fingerprint density at radius 3 is 2.46 bits per heavy atom. The molecule has 0 aliphatic heterocycles. The van der Waals surface area contributed by atoms with E-state index >= 15 is 0 Å². The number of aliphatic imine (C=N–C) groups is 1. The summed E-state index contributed by atoms with van der Waals surface area (Å²) in [6.07, 6.45) is -1.24. The van der Waals surface area contributed by atoms with Crippen molar-refractivity contribution in [3.63, 3.8) is 0 Å². The molecule has 0 aliphatic rings. The highest BCUT2D eigenvalue weighted by Crippen LogP contribution is 2.28. The Morgan fingerprint density at radius 2 is 1.96 bits per heavy atom. The van der Waals surface area contributed by atoms with Crippen molar-refractivity contribution in [3.05, 3.63) is 23.9 Å². The average Bonchev–Trinajstić information content (AvgIpc) is 2.57. The number of aromatic nitrogens is 1. The zero-order chi connectivity index (χ0) is 20.5. The Balaban J connectivity index is 0.00000729. The first-order chi connectivity index (χ1) is 12.5. The standard InChI is InChI=1S/C16H26F3N5O2S.HI/c1-12(7-10-27(3,25)26)24-15(20-2)22-9-4-8-21-14-6-5-13(11-23-14)16(17,18)19;/h5-6,11-12H,4,7-10H2,1-3H3,(H,21,23)(H2,20,22,24);1H. The Bertz CT molecular complexity index is 712. The van der Waals surface area contributed by atoms with Crippen molar-refractivity contribution in [1.29, 1.82) is 0 Å². The van der Waals surface area contributed by atoms with Gasteiger partial charge in [-0.05, 0) is 31.9 Å². The van der Waals surface area contributed by atoms with Crippen LogP contribution in [0.15, 0.2) is 23.3 Å². The van der Waals surface area contributed by atoms with Gasteiger partial charge in [-0.3, -0.25) is 4.99 Å². The highest BCUT2D eigenvalue weighted by molar-refractivity contribution is 14.0. The molecule has 7 nitrogen and oxygen atoms in total. The lowest BCUT2D eigenvalue weighted by Gasteiger charge is -2.17. The molecule has 28 heavy (non-hydrogen) atoms. The predicted molar refractivity (Wildman–Crippen MR) is 116 cm³/mol. The summed E-state index contributed by atoms with van der Waals surface area (Å²) in [6, 6.07) is 2.22. The van der Waals surface area contributed by atoms with Crippen LogP contribution in [0.25, 0.3) is 0 Å². The second-order valence-electron chi connectivity index (χ2n) is 6.17. The van der Waals surface area contributed by atoms with Gasteiger partial charge in [0.2, 0.25) is 0 Å². The van der Waals surface area contributed by atoms with E-state index in [9.17, 15) is 21.6 Å². The number of hydrogen-bond acceptors (Lipinski definition) is 5. The predicted octanol–water partition coefficient (Wildman–Crippen LogP) is 2.51. The van der Waals surface area contributed by atoms with Crippen LogP contribution in [-0.2, 0) is 16.0 Å². The number of nitrogens with one attached hydrogen (secondary N) is 3. The number of halogens is 4. The van der Waals surface area contributed by atoms with Crippen molar-refractivity contribution >= 4 is 45.6 Å². The molecule has 0 aliphatic carbocycles. The molecule has 0 aromatic carbocycles. The Kier molecular flexibility index (Phi) is 11.7. The first-order valence-corrected chi connectivity index (χ1v) is 10.5. The van der Waals surface area contributed by atoms with Crippen LogP contribution in [-0.4, -0.2) is 57.5 Å². The fourth-order valence-corrected chi connectivity index (χ4v) is 2.85. The molecule has 1 aromatic heterocycles. The van der Waals surface area contributed by atoms with Crippen LogP contribution < -0.4 is 16.0 Å². The smallest absolute Gasteiger partial charge is 0.370 e. The minimum absolute atomic E-state index is 0. The lowest BCUT2D eigenvalue weighted by molar-refractivity contribution is -0.137. The van der Waals surface area contributed by atoms with Crippen LogP contribution in [0.4, 0.5) is 19.0 Å². The molecule has 1 heterocycles. The molecule has 0 saturated carbocycles. The summed E-state index contributed by atoms with van der Waals surface area (Å²) in [5, 5.41) is 9.14. The summed E-state index contributed by atoms with van der Waals surface area (Å²) in [5.74, 6) is 1.03. The summed E-state index contributed by atoms with van der Waals surface area (Å²) in [4.78, 5) is 7.80. The number of anilines is 1. The van der Waals surface area contributed by atoms with Crippen molar-refractivity contribution in [2.24, 2.45) is 4.99 Å². The van der Waals surface area contributed by atoms with Crippen LogP contribution in [0, 0.1) is 0 Å². The lowest BCUT2D eigenvalue weighted by Crippen LogP contribution is -2.43. The van der Waals surface area contributed by atoms with Crippen molar-refractivity contribution < 1.29 is 21.6 Å². The van der Waals surface area contributed by atoms with Gasteiger partial charge in [0.1, 0.15) is 15.7 Å². The third-order valence-electron chi connectivity index (χ3n) is 3.57. The second-order valence-corrected chi connectivity index (χ2v) is 8.43. The number of hydrogen-bond donors (Lipinski definition) is 3. The quantitative estimate of drug-likeness (QED) is 0.194. The monoisotopic (exact) mass is 537 g/mol. The molecular weight excluding hydrogens is 510 g/mol. The number of nitrogens with zero attached hydrogens (tertiary/aromatic N) is 2. The lowest BCUT2D eigenvalue weighted by atomic mass is 10.2. The summed E-state index contributed by atoms with van der Waals surface area (Å²) in [5.41, 5.74) is -0.783. The van der Waals surface area contributed by atoms with Crippen LogP contribution in [0.3, 0.4) is 0 Å². The molecule has 162 valence electrons. The first kappa shape index (κ1) is 26.7. The molecule has 3 N–H and O–H groups in total. The second kappa shape index (κ2) is 12.3. The van der Waals surface area contributed by atoms with Gasteiger partial charge in [0.05, 0.1) is 11.3 Å². The third-order valence-corrected chi connectivity index (χ3v) is 4.55. The van der Waals surface area contributed by atoms with E-state index in [-0.39, 0.29) is 35.8 Å². The van der Waals surface area contributed by atoms with E-state index < -0.39 is 21.6 Å². The average molecular weight is 537 g/mol. The highest BCUT2D eigenvalue weighted by Gasteiger charge is 2.30. The topological polar surface area (TPSA) is 95.5 Å². The minimum atomic E-state index is -4.39. The van der Waals surface area contributed by atoms with E-state index in [0.717, 1.165) is 12.3 Å². The fourth-order valence-electron chi connectivity index (χ4n) is 2.07. The van der Waals surface area contributed by atoms with E-state index in [0.29, 0.717) is 37.7 Å². The molecule has 0 fully saturated rings. The zero-order valence-corrected chi connectivity index (χ0v) is 19.2. The molecule has 1 atom stereocenters. The molecule has 1 unspecified atom stereocenters. The molecule has 1 rings (SSSR count). The van der Waals surface area contributed by atoms with Gasteiger partial charge < -0.3 is 16.0 Å². The van der Waals surface area contributed by atoms with Crippen molar-refractivity contribution in [1.82, 2.24) is 15.6 Å². The summed E-state index contributed by atoms with van der Waals surface area (Å²) >= 11 is 0. The van der Waals surface area contributed by atoms with Crippen LogP contribution >= 0.6 is 24.0 Å². The molecule has 1 aromatic rings. The largest absolute Gasteiger partial charge is 0.417 e. The van der Waals surface area contributed by atoms with Gasteiger partial charge in [0.25, 0.3) is 0 Å². The minimum Gasteiger partial charge on any atom is -0.370 e. The van der Waals surface area contributed by atoms with Gasteiger partial charge in [-0.15, -0.1) is 24.0 Å². The van der Waals surface area contributed by atoms with E-state index in [1.54, 1.807) is 7.05 Å². The number of pyridine rings is 1. The van der Waals surface area contributed by atoms with Gasteiger partial charge in [0.15, 0.2) is 5.96 Å². The molecule has 0 spiro atoms. The number of rotatable bonds is 9. The van der Waals surface area contributed by atoms with Crippen LogP contribution in [0.5, 0.6) is 0 Å². The Hall–Kier alpha value is -1.31. The molecular formula is C16H27F3IN5O2S. The van der Waals surface area contributed by atoms with E-state index in [4.69, 9.17) is 0 Å². The summed E-state index contributed by atoms with van der Waals surface area (Å²) < 4.78 is 59.7. The molecule has 0 radical (unpaired) electrons. The highest BCUT2D eigenvalue weighted by atomic mass is 127. The third kappa shape index (κ3) is 11.5. The maximum atomic E-state index is 12.5. The number of sulfone groups is 1. The number of alkyl halides is 3. The normalized spacial score (nSPS) is 13.4. The molecule has 0 amide bonds. The van der Waals surface area contributed by atoms with Gasteiger partial charge in [-0.25, -0.2) is 13.4 Å². The summed E-state index contributed by atoms with van der Waals surface area (Å²) in [7, 11) is -1.39. The zero-order valence-electron chi connectivity index (χ0n) is 16.0. The van der Waals surface area contributed by atoms with E-state index in [1.165, 1.54) is 12.3 Å². The van der Waals surface area contributed by atoms with Crippen molar-refractivity contribution in [2.75, 3.05) is 37.5 Å². The Morgan fingerprint density at radius 1 is 1.29 bits per heavy atom. The van der Waals surface area contributed by atoms with Crippen molar-refractivity contribution in [2.45, 2.75) is 32.0 Å². The fraction of sp³-hybridized carbons (Fsp3) is 0.625. The van der Waals surface area contributed by atoms with Gasteiger partial charge in [-0.1, -0.05) is 0 Å². The van der Waals surface area contributed by atoms with Crippen LogP contribution in [0.1, 0.15) is 25.3 Å². The van der Waals surface area contributed by atoms with Crippen LogP contribution in [0.2, 0.25) is 0 Å². The first-order valence-electron chi connectivity index (χ1n) is 8.43. The number of guanidine groups is 1. The van der Waals surface area contributed by atoms with Gasteiger partial charge in [0, 0.05) is 38.6 Å². The maximum absolute atomic E-state index is 12.5. The maximum Gasteiger partial charge on any atom is 0.417 e.